The summed E-state index contributed by atoms with van der Waals surface area (Å²) in [6, 6.07) is 14.4. The molecule has 27 heavy (non-hydrogen) atoms. The Labute approximate surface area is 156 Å². The smallest absolute Gasteiger partial charge is 0.260 e. The normalized spacial score (nSPS) is 20.6. The van der Waals surface area contributed by atoms with Crippen molar-refractivity contribution in [2.45, 2.75) is 25.3 Å². The average molecular weight is 362 g/mol. The van der Waals surface area contributed by atoms with E-state index in [-0.39, 0.29) is 5.91 Å². The predicted octanol–water partition coefficient (Wildman–Crippen LogP) is 2.50. The number of benzene rings is 2. The molecule has 0 aliphatic carbocycles. The molecule has 136 valence electrons. The fourth-order valence-electron chi connectivity index (χ4n) is 3.37. The Balaban J connectivity index is 1.58. The number of nitrogens with zero attached hydrogens (tertiary/aromatic N) is 1. The molecule has 2 atom stereocenters. The highest BCUT2D eigenvalue weighted by molar-refractivity contribution is 6.01. The molecule has 0 saturated carbocycles. The standard InChI is InChI=1S/C21H18N2O4/c24-9-8-15-10-19-20(25)22-18-11-16(27-13-14-4-2-1-3-5-14)6-7-17(18)21(26)23(19)12-15/h1-8,11-12,19-20,22,25H,10,13H2/t19?,20-/m0/s1. The van der Waals surface area contributed by atoms with Gasteiger partial charge in [0.15, 0.2) is 0 Å². The van der Waals surface area contributed by atoms with Crippen LogP contribution in [0.4, 0.5) is 5.69 Å². The summed E-state index contributed by atoms with van der Waals surface area (Å²) in [5.74, 6) is 2.09. The van der Waals surface area contributed by atoms with E-state index in [1.165, 1.54) is 11.0 Å². The molecule has 1 amide bonds. The van der Waals surface area contributed by atoms with Crippen LogP contribution in [0.25, 0.3) is 0 Å². The third-order valence-corrected chi connectivity index (χ3v) is 4.72. The topological polar surface area (TPSA) is 78.9 Å². The minimum absolute atomic E-state index is 0.233. The Bertz CT molecular complexity index is 948. The van der Waals surface area contributed by atoms with Crippen LogP contribution in [0.2, 0.25) is 0 Å². The molecule has 1 unspecified atom stereocenters. The van der Waals surface area contributed by atoms with Crippen LogP contribution in [-0.4, -0.2) is 34.1 Å². The first-order chi connectivity index (χ1) is 13.2. The van der Waals surface area contributed by atoms with Gasteiger partial charge in [0.1, 0.15) is 24.5 Å². The Morgan fingerprint density at radius 1 is 1.26 bits per heavy atom. The van der Waals surface area contributed by atoms with E-state index in [1.54, 1.807) is 30.3 Å². The number of anilines is 1. The zero-order valence-corrected chi connectivity index (χ0v) is 14.5. The van der Waals surface area contributed by atoms with Crippen molar-refractivity contribution in [3.05, 3.63) is 77.5 Å². The van der Waals surface area contributed by atoms with Gasteiger partial charge in [-0.1, -0.05) is 30.3 Å². The first-order valence-corrected chi connectivity index (χ1v) is 8.65. The van der Waals surface area contributed by atoms with Crippen molar-refractivity contribution in [2.75, 3.05) is 5.32 Å². The van der Waals surface area contributed by atoms with Gasteiger partial charge in [-0.05, 0) is 29.7 Å². The van der Waals surface area contributed by atoms with E-state index >= 15 is 0 Å². The zero-order chi connectivity index (χ0) is 18.8. The third kappa shape index (κ3) is 3.36. The molecule has 6 nitrogen and oxygen atoms in total. The van der Waals surface area contributed by atoms with E-state index in [2.05, 4.69) is 5.32 Å². The van der Waals surface area contributed by atoms with E-state index in [0.717, 1.165) is 5.56 Å². The maximum Gasteiger partial charge on any atom is 0.260 e. The molecule has 2 aliphatic heterocycles. The first kappa shape index (κ1) is 17.1. The maximum atomic E-state index is 12.9. The minimum Gasteiger partial charge on any atom is -0.489 e. The fraction of sp³-hybridized carbons (Fsp3) is 0.190. The van der Waals surface area contributed by atoms with E-state index < -0.39 is 12.3 Å². The van der Waals surface area contributed by atoms with Crippen LogP contribution in [0.5, 0.6) is 5.75 Å². The summed E-state index contributed by atoms with van der Waals surface area (Å²) in [5.41, 5.74) is 2.66. The number of fused-ring (bicyclic) bond motifs is 2. The highest BCUT2D eigenvalue weighted by Gasteiger charge is 2.38. The second-order valence-corrected chi connectivity index (χ2v) is 6.52. The van der Waals surface area contributed by atoms with Crippen molar-refractivity contribution in [3.63, 3.8) is 0 Å². The lowest BCUT2D eigenvalue weighted by Crippen LogP contribution is -2.42. The van der Waals surface area contributed by atoms with Crippen molar-refractivity contribution < 1.29 is 19.4 Å². The van der Waals surface area contributed by atoms with E-state index in [0.29, 0.717) is 35.6 Å². The Morgan fingerprint density at radius 2 is 2.07 bits per heavy atom. The number of nitrogens with one attached hydrogen (secondary N) is 1. The minimum atomic E-state index is -0.964. The van der Waals surface area contributed by atoms with Gasteiger partial charge in [0.25, 0.3) is 5.91 Å². The molecule has 2 heterocycles. The van der Waals surface area contributed by atoms with Gasteiger partial charge in [0, 0.05) is 18.3 Å². The average Bonchev–Trinajstić information content (AvgIpc) is 3.08. The summed E-state index contributed by atoms with van der Waals surface area (Å²) in [6.07, 6.45) is 2.31. The SMILES string of the molecule is O=C=CC1=CN2C(=O)c3ccc(OCc4ccccc4)cc3N[C@@H](O)C2C1. The maximum absolute atomic E-state index is 12.9. The molecule has 4 rings (SSSR count). The number of allylic oxidation sites excluding steroid dienone is 1. The molecule has 0 radical (unpaired) electrons. The molecular formula is C21H18N2O4. The molecule has 2 N–H and O–H groups in total. The number of hydrogen-bond donors (Lipinski definition) is 2. The highest BCUT2D eigenvalue weighted by atomic mass is 16.5. The van der Waals surface area contributed by atoms with E-state index in [1.807, 2.05) is 30.3 Å². The third-order valence-electron chi connectivity index (χ3n) is 4.72. The Kier molecular flexibility index (Phi) is 4.50. The lowest BCUT2D eigenvalue weighted by atomic mass is 10.1. The number of aliphatic hydroxyl groups excluding tert-OH is 1. The molecule has 2 aromatic rings. The van der Waals surface area contributed by atoms with Gasteiger partial charge in [-0.15, -0.1) is 0 Å². The van der Waals surface area contributed by atoms with Gasteiger partial charge in [0.05, 0.1) is 17.3 Å². The highest BCUT2D eigenvalue weighted by Crippen LogP contribution is 2.34. The molecule has 6 heteroatoms. The number of amides is 1. The van der Waals surface area contributed by atoms with Gasteiger partial charge in [-0.2, -0.15) is 0 Å². The number of carbonyl (C=O) groups excluding carboxylic acids is 2. The summed E-state index contributed by atoms with van der Waals surface area (Å²) >= 11 is 0. The van der Waals surface area contributed by atoms with Crippen LogP contribution < -0.4 is 10.1 Å². The summed E-state index contributed by atoms with van der Waals surface area (Å²) in [4.78, 5) is 24.9. The molecule has 0 bridgehead atoms. The second-order valence-electron chi connectivity index (χ2n) is 6.52. The lowest BCUT2D eigenvalue weighted by Gasteiger charge is -2.24. The number of hydrogen-bond acceptors (Lipinski definition) is 5. The van der Waals surface area contributed by atoms with Gasteiger partial charge in [-0.25, -0.2) is 4.79 Å². The van der Waals surface area contributed by atoms with Crippen LogP contribution >= 0.6 is 0 Å². The lowest BCUT2D eigenvalue weighted by molar-refractivity contribution is 0.0644. The monoisotopic (exact) mass is 362 g/mol. The van der Waals surface area contributed by atoms with E-state index in [9.17, 15) is 14.7 Å². The summed E-state index contributed by atoms with van der Waals surface area (Å²) in [6.45, 7) is 0.412. The number of rotatable bonds is 4. The van der Waals surface area contributed by atoms with Crippen molar-refractivity contribution >= 4 is 17.5 Å². The fourth-order valence-corrected chi connectivity index (χ4v) is 3.37. The largest absolute Gasteiger partial charge is 0.489 e. The molecule has 2 aliphatic rings. The molecule has 0 saturated heterocycles. The first-order valence-electron chi connectivity index (χ1n) is 8.65. The van der Waals surface area contributed by atoms with Gasteiger partial charge >= 0.3 is 0 Å². The Morgan fingerprint density at radius 3 is 2.85 bits per heavy atom. The number of ether oxygens (including phenoxy) is 1. The van der Waals surface area contributed by atoms with Crippen LogP contribution in [-0.2, 0) is 11.4 Å². The van der Waals surface area contributed by atoms with Crippen molar-refractivity contribution in [1.29, 1.82) is 0 Å². The van der Waals surface area contributed by atoms with Crippen LogP contribution in [0.1, 0.15) is 22.3 Å². The molecular weight excluding hydrogens is 344 g/mol. The van der Waals surface area contributed by atoms with Crippen molar-refractivity contribution in [2.24, 2.45) is 0 Å². The van der Waals surface area contributed by atoms with Crippen LogP contribution in [0, 0.1) is 0 Å². The molecule has 0 fully saturated rings. The summed E-state index contributed by atoms with van der Waals surface area (Å²) in [5, 5.41) is 13.5. The number of aliphatic hydroxyl groups is 1. The quantitative estimate of drug-likeness (QED) is 0.817. The molecule has 0 aromatic heterocycles. The van der Waals surface area contributed by atoms with Gasteiger partial charge < -0.3 is 20.1 Å². The van der Waals surface area contributed by atoms with Gasteiger partial charge in [-0.3, -0.25) is 4.79 Å². The van der Waals surface area contributed by atoms with Crippen molar-refractivity contribution in [3.8, 4) is 5.75 Å². The van der Waals surface area contributed by atoms with Crippen LogP contribution in [0.3, 0.4) is 0 Å². The second kappa shape index (κ2) is 7.11. The zero-order valence-electron chi connectivity index (χ0n) is 14.5. The molecule has 0 spiro atoms. The van der Waals surface area contributed by atoms with E-state index in [4.69, 9.17) is 4.74 Å². The Hall–Kier alpha value is -3.34. The summed E-state index contributed by atoms with van der Waals surface area (Å²) < 4.78 is 5.81. The van der Waals surface area contributed by atoms with Gasteiger partial charge in [0.2, 0.25) is 0 Å². The number of carbonyl (C=O) groups is 1. The predicted molar refractivity (Wildman–Crippen MR) is 99.8 cm³/mol. The van der Waals surface area contributed by atoms with Crippen LogP contribution in [0.15, 0.2) is 66.4 Å². The molecule has 2 aromatic carbocycles. The van der Waals surface area contributed by atoms with Crippen molar-refractivity contribution in [1.82, 2.24) is 4.90 Å². The summed E-state index contributed by atoms with van der Waals surface area (Å²) in [7, 11) is 0.